The SMILES string of the molecule is CCc1nc(C)c(C(=O)N2CCC3(CC2)CC(=O)N(C)C3)o1. The minimum atomic E-state index is -0.0720. The summed E-state index contributed by atoms with van der Waals surface area (Å²) in [6, 6.07) is 0. The molecule has 1 aromatic heterocycles. The van der Waals surface area contributed by atoms with Crippen molar-refractivity contribution in [1.82, 2.24) is 14.8 Å². The van der Waals surface area contributed by atoms with Crippen LogP contribution in [-0.2, 0) is 11.2 Å². The number of hydrogen-bond acceptors (Lipinski definition) is 4. The van der Waals surface area contributed by atoms with Crippen LogP contribution in [0.1, 0.15) is 48.3 Å². The molecule has 2 saturated heterocycles. The van der Waals surface area contributed by atoms with Crippen molar-refractivity contribution >= 4 is 11.8 Å². The van der Waals surface area contributed by atoms with Crippen molar-refractivity contribution in [3.8, 4) is 0 Å². The molecule has 2 amide bonds. The van der Waals surface area contributed by atoms with Gasteiger partial charge in [0.05, 0.1) is 5.69 Å². The molecule has 120 valence electrons. The Morgan fingerprint density at radius 3 is 2.55 bits per heavy atom. The van der Waals surface area contributed by atoms with Crippen LogP contribution < -0.4 is 0 Å². The van der Waals surface area contributed by atoms with Crippen LogP contribution in [0.15, 0.2) is 4.42 Å². The molecule has 0 unspecified atom stereocenters. The number of aryl methyl sites for hydroxylation is 2. The molecule has 3 rings (SSSR count). The second-order valence-electron chi connectivity index (χ2n) is 6.59. The first-order valence-electron chi connectivity index (χ1n) is 7.94. The minimum Gasteiger partial charge on any atom is -0.435 e. The van der Waals surface area contributed by atoms with Gasteiger partial charge in [0.2, 0.25) is 11.7 Å². The Labute approximate surface area is 130 Å². The molecule has 0 radical (unpaired) electrons. The molecular weight excluding hydrogens is 282 g/mol. The van der Waals surface area contributed by atoms with Gasteiger partial charge in [-0.3, -0.25) is 9.59 Å². The highest BCUT2D eigenvalue weighted by Gasteiger charge is 2.44. The molecule has 6 heteroatoms. The van der Waals surface area contributed by atoms with Crippen molar-refractivity contribution < 1.29 is 14.0 Å². The van der Waals surface area contributed by atoms with Crippen LogP contribution in [0.2, 0.25) is 0 Å². The van der Waals surface area contributed by atoms with Crippen molar-refractivity contribution in [2.45, 2.75) is 39.5 Å². The zero-order chi connectivity index (χ0) is 15.9. The normalized spacial score (nSPS) is 21.0. The Morgan fingerprint density at radius 2 is 2.05 bits per heavy atom. The quantitative estimate of drug-likeness (QED) is 0.833. The lowest BCUT2D eigenvalue weighted by Crippen LogP contribution is -2.44. The predicted molar refractivity (Wildman–Crippen MR) is 80.4 cm³/mol. The minimum absolute atomic E-state index is 0.0631. The van der Waals surface area contributed by atoms with Gasteiger partial charge in [0.1, 0.15) is 0 Å². The molecule has 22 heavy (non-hydrogen) atoms. The van der Waals surface area contributed by atoms with Gasteiger partial charge >= 0.3 is 0 Å². The maximum atomic E-state index is 12.6. The largest absolute Gasteiger partial charge is 0.435 e. The molecule has 0 saturated carbocycles. The van der Waals surface area contributed by atoms with Crippen molar-refractivity contribution in [3.63, 3.8) is 0 Å². The maximum Gasteiger partial charge on any atom is 0.291 e. The van der Waals surface area contributed by atoms with Gasteiger partial charge in [-0.1, -0.05) is 6.92 Å². The summed E-state index contributed by atoms with van der Waals surface area (Å²) in [6.45, 7) is 5.95. The van der Waals surface area contributed by atoms with Crippen LogP contribution in [0.25, 0.3) is 0 Å². The first kappa shape index (κ1) is 15.1. The lowest BCUT2D eigenvalue weighted by Gasteiger charge is -2.38. The number of likely N-dealkylation sites (tertiary alicyclic amines) is 2. The van der Waals surface area contributed by atoms with E-state index in [4.69, 9.17) is 4.42 Å². The zero-order valence-electron chi connectivity index (χ0n) is 13.5. The van der Waals surface area contributed by atoms with E-state index in [0.29, 0.717) is 43.3 Å². The van der Waals surface area contributed by atoms with Crippen LogP contribution >= 0.6 is 0 Å². The fourth-order valence-electron chi connectivity index (χ4n) is 3.57. The summed E-state index contributed by atoms with van der Waals surface area (Å²) in [5.74, 6) is 1.13. The molecule has 6 nitrogen and oxygen atoms in total. The highest BCUT2D eigenvalue weighted by molar-refractivity contribution is 5.92. The summed E-state index contributed by atoms with van der Waals surface area (Å²) in [7, 11) is 1.86. The average molecular weight is 305 g/mol. The van der Waals surface area contributed by atoms with Crippen molar-refractivity contribution in [2.24, 2.45) is 5.41 Å². The van der Waals surface area contributed by atoms with Gasteiger partial charge in [-0.2, -0.15) is 0 Å². The number of rotatable bonds is 2. The van der Waals surface area contributed by atoms with E-state index in [1.807, 2.05) is 30.7 Å². The van der Waals surface area contributed by atoms with Crippen LogP contribution in [0.5, 0.6) is 0 Å². The molecule has 0 aromatic carbocycles. The zero-order valence-corrected chi connectivity index (χ0v) is 13.5. The van der Waals surface area contributed by atoms with E-state index in [0.717, 1.165) is 19.4 Å². The lowest BCUT2D eigenvalue weighted by atomic mass is 9.77. The highest BCUT2D eigenvalue weighted by Crippen LogP contribution is 2.40. The van der Waals surface area contributed by atoms with Gasteiger partial charge < -0.3 is 14.2 Å². The van der Waals surface area contributed by atoms with E-state index < -0.39 is 0 Å². The number of carbonyl (C=O) groups is 2. The van der Waals surface area contributed by atoms with E-state index in [1.165, 1.54) is 0 Å². The van der Waals surface area contributed by atoms with E-state index in [2.05, 4.69) is 4.98 Å². The number of hydrogen-bond donors (Lipinski definition) is 0. The highest BCUT2D eigenvalue weighted by atomic mass is 16.4. The number of oxazole rings is 1. The van der Waals surface area contributed by atoms with Crippen LogP contribution in [0, 0.1) is 12.3 Å². The molecule has 0 aliphatic carbocycles. The first-order valence-corrected chi connectivity index (χ1v) is 7.94. The first-order chi connectivity index (χ1) is 10.4. The molecule has 0 N–H and O–H groups in total. The molecule has 2 fully saturated rings. The van der Waals surface area contributed by atoms with Gasteiger partial charge in [-0.25, -0.2) is 4.98 Å². The molecule has 2 aliphatic heterocycles. The second-order valence-corrected chi connectivity index (χ2v) is 6.59. The van der Waals surface area contributed by atoms with Gasteiger partial charge in [0.25, 0.3) is 5.91 Å². The standard InChI is InChI=1S/C16H23N3O3/c1-4-12-17-11(2)14(22-12)15(21)19-7-5-16(6-8-19)9-13(20)18(3)10-16/h4-10H2,1-3H3. The van der Waals surface area contributed by atoms with Gasteiger partial charge in [0.15, 0.2) is 5.89 Å². The van der Waals surface area contributed by atoms with E-state index in [1.54, 1.807) is 0 Å². The molecule has 1 aromatic rings. The molecular formula is C16H23N3O3. The monoisotopic (exact) mass is 305 g/mol. The fraction of sp³-hybridized carbons (Fsp3) is 0.688. The van der Waals surface area contributed by atoms with Gasteiger partial charge in [-0.05, 0) is 19.8 Å². The lowest BCUT2D eigenvalue weighted by molar-refractivity contribution is -0.126. The Balaban J connectivity index is 1.67. The third-order valence-corrected chi connectivity index (χ3v) is 4.97. The van der Waals surface area contributed by atoms with Crippen molar-refractivity contribution in [1.29, 1.82) is 0 Å². The summed E-state index contributed by atoms with van der Waals surface area (Å²) in [5, 5.41) is 0. The van der Waals surface area contributed by atoms with Gasteiger partial charge in [0, 0.05) is 44.9 Å². The Hall–Kier alpha value is -1.85. The Kier molecular flexibility index (Phi) is 3.70. The topological polar surface area (TPSA) is 66.7 Å². The van der Waals surface area contributed by atoms with E-state index in [9.17, 15) is 9.59 Å². The predicted octanol–water partition coefficient (Wildman–Crippen LogP) is 1.63. The number of amides is 2. The summed E-state index contributed by atoms with van der Waals surface area (Å²) in [5.41, 5.74) is 0.728. The average Bonchev–Trinajstić information content (AvgIpc) is 3.00. The summed E-state index contributed by atoms with van der Waals surface area (Å²) < 4.78 is 5.57. The summed E-state index contributed by atoms with van der Waals surface area (Å²) in [4.78, 5) is 32.3. The molecule has 1 spiro atoms. The van der Waals surface area contributed by atoms with Gasteiger partial charge in [-0.15, -0.1) is 0 Å². The number of carbonyl (C=O) groups excluding carboxylic acids is 2. The molecule has 0 atom stereocenters. The number of nitrogens with zero attached hydrogens (tertiary/aromatic N) is 3. The Bertz CT molecular complexity index is 600. The summed E-state index contributed by atoms with van der Waals surface area (Å²) in [6.07, 6.45) is 3.06. The Morgan fingerprint density at radius 1 is 1.36 bits per heavy atom. The van der Waals surface area contributed by atoms with E-state index in [-0.39, 0.29) is 17.2 Å². The summed E-state index contributed by atoms with van der Waals surface area (Å²) >= 11 is 0. The third-order valence-electron chi connectivity index (χ3n) is 4.97. The van der Waals surface area contributed by atoms with E-state index >= 15 is 0 Å². The number of piperidine rings is 1. The molecule has 3 heterocycles. The third kappa shape index (κ3) is 2.51. The fourth-order valence-corrected chi connectivity index (χ4v) is 3.57. The molecule has 2 aliphatic rings. The maximum absolute atomic E-state index is 12.6. The van der Waals surface area contributed by atoms with Crippen molar-refractivity contribution in [2.75, 3.05) is 26.7 Å². The van der Waals surface area contributed by atoms with Crippen LogP contribution in [-0.4, -0.2) is 53.3 Å². The van der Waals surface area contributed by atoms with Crippen molar-refractivity contribution in [3.05, 3.63) is 17.3 Å². The van der Waals surface area contributed by atoms with Crippen LogP contribution in [0.4, 0.5) is 0 Å². The number of aromatic nitrogens is 1. The second kappa shape index (κ2) is 5.41. The molecule has 0 bridgehead atoms. The smallest absolute Gasteiger partial charge is 0.291 e. The van der Waals surface area contributed by atoms with Crippen LogP contribution in [0.3, 0.4) is 0 Å².